The van der Waals surface area contributed by atoms with Gasteiger partial charge in [0.1, 0.15) is 11.6 Å². The number of hydrogen-bond acceptors (Lipinski definition) is 3. The summed E-state index contributed by atoms with van der Waals surface area (Å²) in [5.41, 5.74) is 6.55. The number of thiol groups is 1. The molecule has 0 aliphatic rings. The van der Waals surface area contributed by atoms with E-state index < -0.39 is 0 Å². The molecule has 0 spiro atoms. The topological polar surface area (TPSA) is 35.2 Å². The van der Waals surface area contributed by atoms with E-state index in [4.69, 9.17) is 10.5 Å². The first-order valence-electron chi connectivity index (χ1n) is 4.39. The highest BCUT2D eigenvalue weighted by molar-refractivity contribution is 7.80. The van der Waals surface area contributed by atoms with Crippen molar-refractivity contribution in [3.8, 4) is 5.75 Å². The van der Waals surface area contributed by atoms with Crippen LogP contribution in [0.15, 0.2) is 18.2 Å². The minimum Gasteiger partial charge on any atom is -0.496 e. The Bertz CT molecular complexity index is 306. The smallest absolute Gasteiger partial charge is 0.123 e. The first-order chi connectivity index (χ1) is 6.69. The van der Waals surface area contributed by atoms with Gasteiger partial charge in [0.2, 0.25) is 0 Å². The van der Waals surface area contributed by atoms with Crippen molar-refractivity contribution in [2.75, 3.05) is 12.9 Å². The van der Waals surface area contributed by atoms with E-state index >= 15 is 0 Å². The normalized spacial score (nSPS) is 12.6. The molecule has 4 heteroatoms. The van der Waals surface area contributed by atoms with Crippen LogP contribution in [0.25, 0.3) is 0 Å². The lowest BCUT2D eigenvalue weighted by atomic mass is 10.0. The third-order valence-corrected chi connectivity index (χ3v) is 2.29. The lowest BCUT2D eigenvalue weighted by Gasteiger charge is -2.14. The monoisotopic (exact) mass is 215 g/mol. The van der Waals surface area contributed by atoms with Gasteiger partial charge in [0.25, 0.3) is 0 Å². The third kappa shape index (κ3) is 2.62. The van der Waals surface area contributed by atoms with Gasteiger partial charge in [0.05, 0.1) is 7.11 Å². The summed E-state index contributed by atoms with van der Waals surface area (Å²) in [6, 6.07) is 4.13. The van der Waals surface area contributed by atoms with E-state index in [9.17, 15) is 4.39 Å². The van der Waals surface area contributed by atoms with Crippen LogP contribution in [0.2, 0.25) is 0 Å². The summed E-state index contributed by atoms with van der Waals surface area (Å²) in [7, 11) is 1.55. The fourth-order valence-corrected chi connectivity index (χ4v) is 1.57. The summed E-state index contributed by atoms with van der Waals surface area (Å²) in [4.78, 5) is 0. The standard InChI is InChI=1S/C10H14FNOS/c1-13-10-3-2-7(11)6-8(10)9(12)4-5-14/h2-3,6,9,14H,4-5,12H2,1H3. The van der Waals surface area contributed by atoms with Crippen LogP contribution in [0.1, 0.15) is 18.0 Å². The minimum atomic E-state index is -0.296. The van der Waals surface area contributed by atoms with E-state index in [0.717, 1.165) is 0 Å². The van der Waals surface area contributed by atoms with E-state index in [2.05, 4.69) is 12.6 Å². The zero-order chi connectivity index (χ0) is 10.6. The van der Waals surface area contributed by atoms with Crippen LogP contribution in [-0.4, -0.2) is 12.9 Å². The molecule has 1 atom stereocenters. The molecule has 0 saturated heterocycles. The van der Waals surface area contributed by atoms with Gasteiger partial charge in [-0.15, -0.1) is 0 Å². The average Bonchev–Trinajstić information content (AvgIpc) is 2.18. The molecule has 0 heterocycles. The van der Waals surface area contributed by atoms with E-state index in [1.54, 1.807) is 13.2 Å². The quantitative estimate of drug-likeness (QED) is 0.755. The van der Waals surface area contributed by atoms with Crippen molar-refractivity contribution in [1.82, 2.24) is 0 Å². The van der Waals surface area contributed by atoms with E-state index in [1.165, 1.54) is 12.1 Å². The number of rotatable bonds is 4. The van der Waals surface area contributed by atoms with Gasteiger partial charge in [-0.3, -0.25) is 0 Å². The SMILES string of the molecule is COc1ccc(F)cc1C(N)CCS. The number of halogens is 1. The molecule has 0 aliphatic carbocycles. The summed E-state index contributed by atoms with van der Waals surface area (Å²) in [6.45, 7) is 0. The van der Waals surface area contributed by atoms with Crippen LogP contribution in [-0.2, 0) is 0 Å². The Morgan fingerprint density at radius 1 is 1.57 bits per heavy atom. The summed E-state index contributed by atoms with van der Waals surface area (Å²) in [5.74, 6) is 0.997. The second-order valence-corrected chi connectivity index (χ2v) is 3.45. The Hall–Kier alpha value is -0.740. The Balaban J connectivity index is 2.97. The van der Waals surface area contributed by atoms with Gasteiger partial charge in [-0.2, -0.15) is 12.6 Å². The summed E-state index contributed by atoms with van der Waals surface area (Å²) < 4.78 is 18.1. The molecule has 1 aromatic rings. The molecule has 2 nitrogen and oxygen atoms in total. The molecule has 78 valence electrons. The first kappa shape index (κ1) is 11.3. The lowest BCUT2D eigenvalue weighted by Crippen LogP contribution is -2.12. The number of ether oxygens (including phenoxy) is 1. The number of hydrogen-bond donors (Lipinski definition) is 2. The third-order valence-electron chi connectivity index (χ3n) is 2.03. The molecule has 0 amide bonds. The van der Waals surface area contributed by atoms with Gasteiger partial charge in [0, 0.05) is 11.6 Å². The highest BCUT2D eigenvalue weighted by Gasteiger charge is 2.11. The predicted octanol–water partition coefficient (Wildman–Crippen LogP) is 2.15. The maximum absolute atomic E-state index is 13.0. The number of benzene rings is 1. The van der Waals surface area contributed by atoms with Crippen LogP contribution >= 0.6 is 12.6 Å². The Labute approximate surface area is 88.7 Å². The number of nitrogens with two attached hydrogens (primary N) is 1. The van der Waals surface area contributed by atoms with E-state index in [1.807, 2.05) is 0 Å². The first-order valence-corrected chi connectivity index (χ1v) is 5.02. The van der Waals surface area contributed by atoms with Crippen LogP contribution in [0.4, 0.5) is 4.39 Å². The molecular formula is C10H14FNOS. The number of methoxy groups -OCH3 is 1. The molecule has 14 heavy (non-hydrogen) atoms. The fraction of sp³-hybridized carbons (Fsp3) is 0.400. The van der Waals surface area contributed by atoms with Crippen LogP contribution in [0, 0.1) is 5.82 Å². The Morgan fingerprint density at radius 2 is 2.29 bits per heavy atom. The summed E-state index contributed by atoms with van der Waals surface area (Å²) >= 11 is 4.09. The van der Waals surface area contributed by atoms with E-state index in [0.29, 0.717) is 23.5 Å². The van der Waals surface area contributed by atoms with Crippen molar-refractivity contribution in [1.29, 1.82) is 0 Å². The molecule has 1 rings (SSSR count). The van der Waals surface area contributed by atoms with Gasteiger partial charge in [-0.25, -0.2) is 4.39 Å². The summed E-state index contributed by atoms with van der Waals surface area (Å²) in [6.07, 6.45) is 0.697. The summed E-state index contributed by atoms with van der Waals surface area (Å²) in [5, 5.41) is 0. The van der Waals surface area contributed by atoms with Crippen molar-refractivity contribution in [2.45, 2.75) is 12.5 Å². The maximum Gasteiger partial charge on any atom is 0.123 e. The zero-order valence-electron chi connectivity index (χ0n) is 8.03. The van der Waals surface area contributed by atoms with Gasteiger partial charge < -0.3 is 10.5 Å². The van der Waals surface area contributed by atoms with Gasteiger partial charge in [-0.05, 0) is 30.4 Å². The highest BCUT2D eigenvalue weighted by atomic mass is 32.1. The van der Waals surface area contributed by atoms with Crippen molar-refractivity contribution in [3.63, 3.8) is 0 Å². The van der Waals surface area contributed by atoms with Crippen molar-refractivity contribution < 1.29 is 9.13 Å². The zero-order valence-corrected chi connectivity index (χ0v) is 8.93. The molecule has 0 saturated carbocycles. The van der Waals surface area contributed by atoms with Crippen molar-refractivity contribution in [2.24, 2.45) is 5.73 Å². The second kappa shape index (κ2) is 5.22. The van der Waals surface area contributed by atoms with Crippen molar-refractivity contribution in [3.05, 3.63) is 29.6 Å². The fourth-order valence-electron chi connectivity index (χ4n) is 1.29. The van der Waals surface area contributed by atoms with Crippen LogP contribution in [0.5, 0.6) is 5.75 Å². The van der Waals surface area contributed by atoms with Gasteiger partial charge >= 0.3 is 0 Å². The maximum atomic E-state index is 13.0. The largest absolute Gasteiger partial charge is 0.496 e. The second-order valence-electron chi connectivity index (χ2n) is 3.01. The Kier molecular flexibility index (Phi) is 4.22. The molecule has 0 fully saturated rings. The van der Waals surface area contributed by atoms with Crippen LogP contribution < -0.4 is 10.5 Å². The lowest BCUT2D eigenvalue weighted by molar-refractivity contribution is 0.403. The molecule has 0 aliphatic heterocycles. The van der Waals surface area contributed by atoms with Gasteiger partial charge in [0.15, 0.2) is 0 Å². The van der Waals surface area contributed by atoms with Crippen molar-refractivity contribution >= 4 is 12.6 Å². The molecule has 1 unspecified atom stereocenters. The molecule has 0 radical (unpaired) electrons. The molecule has 0 bridgehead atoms. The molecule has 0 aromatic heterocycles. The predicted molar refractivity (Wildman–Crippen MR) is 58.4 cm³/mol. The average molecular weight is 215 g/mol. The Morgan fingerprint density at radius 3 is 2.86 bits per heavy atom. The molecular weight excluding hydrogens is 201 g/mol. The highest BCUT2D eigenvalue weighted by Crippen LogP contribution is 2.26. The van der Waals surface area contributed by atoms with Crippen LogP contribution in [0.3, 0.4) is 0 Å². The molecule has 1 aromatic carbocycles. The minimum absolute atomic E-state index is 0.224. The van der Waals surface area contributed by atoms with E-state index in [-0.39, 0.29) is 11.9 Å². The van der Waals surface area contributed by atoms with Gasteiger partial charge in [-0.1, -0.05) is 0 Å². The molecule has 2 N–H and O–H groups in total.